The van der Waals surface area contributed by atoms with E-state index < -0.39 is 41.9 Å². The van der Waals surface area contributed by atoms with Gasteiger partial charge in [0.25, 0.3) is 5.67 Å². The molecule has 1 atom stereocenters. The van der Waals surface area contributed by atoms with Gasteiger partial charge in [0.15, 0.2) is 0 Å². The zero-order chi connectivity index (χ0) is 20.3. The van der Waals surface area contributed by atoms with E-state index in [-0.39, 0.29) is 11.5 Å². The number of rotatable bonds is 4. The second kappa shape index (κ2) is 5.77. The molecule has 0 saturated heterocycles. The monoisotopic (exact) mass is 394 g/mol. The fourth-order valence-electron chi connectivity index (χ4n) is 2.83. The summed E-state index contributed by atoms with van der Waals surface area (Å²) in [6, 6.07) is 4.93. The molecule has 0 spiro atoms. The molecule has 0 aromatic heterocycles. The minimum absolute atomic E-state index is 0.00888. The number of aliphatic hydroxyl groups excluding tert-OH is 1. The van der Waals surface area contributed by atoms with E-state index in [1.165, 1.54) is 12.1 Å². The third-order valence-corrected chi connectivity index (χ3v) is 4.64. The Kier molecular flexibility index (Phi) is 4.63. The Labute approximate surface area is 142 Å². The van der Waals surface area contributed by atoms with Crippen LogP contribution in [0.15, 0.2) is 24.3 Å². The Balaban J connectivity index is 2.43. The summed E-state index contributed by atoms with van der Waals surface area (Å²) < 4.78 is 122. The molecule has 1 aromatic carbocycles. The molecule has 0 heterocycles. The van der Waals surface area contributed by atoms with E-state index in [1.54, 1.807) is 13.8 Å². The molecule has 26 heavy (non-hydrogen) atoms. The summed E-state index contributed by atoms with van der Waals surface area (Å²) in [5.74, 6) is -26.0. The van der Waals surface area contributed by atoms with E-state index in [1.807, 2.05) is 0 Å². The minimum Gasteiger partial charge on any atom is -0.388 e. The summed E-state index contributed by atoms with van der Waals surface area (Å²) in [5.41, 5.74) is -5.30. The first-order valence-corrected chi connectivity index (χ1v) is 7.52. The van der Waals surface area contributed by atoms with Gasteiger partial charge in [0.2, 0.25) is 0 Å². The largest absolute Gasteiger partial charge is 0.388 e. The van der Waals surface area contributed by atoms with Crippen LogP contribution in [0, 0.1) is 0 Å². The summed E-state index contributed by atoms with van der Waals surface area (Å²) in [6.07, 6.45) is -4.76. The Morgan fingerprint density at radius 3 is 1.38 bits per heavy atom. The van der Waals surface area contributed by atoms with Crippen molar-refractivity contribution in [3.8, 4) is 0 Å². The third kappa shape index (κ3) is 2.36. The number of halogens is 9. The molecule has 10 heteroatoms. The van der Waals surface area contributed by atoms with Crippen LogP contribution in [0.2, 0.25) is 0 Å². The first-order valence-electron chi connectivity index (χ1n) is 7.52. The van der Waals surface area contributed by atoms with Crippen molar-refractivity contribution in [1.82, 2.24) is 0 Å². The van der Waals surface area contributed by atoms with Crippen molar-refractivity contribution in [3.63, 3.8) is 0 Å². The molecule has 1 unspecified atom stereocenters. The average molecular weight is 394 g/mol. The van der Waals surface area contributed by atoms with Crippen molar-refractivity contribution >= 4 is 0 Å². The molecule has 0 amide bonds. The molecule has 2 rings (SSSR count). The maximum atomic E-state index is 14.4. The van der Waals surface area contributed by atoms with E-state index in [9.17, 15) is 44.6 Å². The Hall–Kier alpha value is -1.45. The number of benzene rings is 1. The van der Waals surface area contributed by atoms with Gasteiger partial charge in [-0.1, -0.05) is 38.1 Å². The van der Waals surface area contributed by atoms with Gasteiger partial charge in [-0.2, -0.15) is 35.1 Å². The van der Waals surface area contributed by atoms with Gasteiger partial charge in [0, 0.05) is 6.42 Å². The predicted molar refractivity (Wildman–Crippen MR) is 73.7 cm³/mol. The van der Waals surface area contributed by atoms with E-state index in [2.05, 4.69) is 0 Å². The van der Waals surface area contributed by atoms with Crippen LogP contribution in [0.25, 0.3) is 0 Å². The zero-order valence-electron chi connectivity index (χ0n) is 13.5. The fraction of sp³-hybridized carbons (Fsp3) is 0.625. The van der Waals surface area contributed by atoms with Crippen LogP contribution in [0.3, 0.4) is 0 Å². The maximum Gasteiger partial charge on any atom is 0.381 e. The predicted octanol–water partition coefficient (Wildman–Crippen LogP) is 5.50. The molecular weight excluding hydrogens is 379 g/mol. The molecule has 1 aliphatic carbocycles. The third-order valence-electron chi connectivity index (χ3n) is 4.64. The van der Waals surface area contributed by atoms with Crippen molar-refractivity contribution in [2.24, 2.45) is 0 Å². The molecule has 0 radical (unpaired) electrons. The summed E-state index contributed by atoms with van der Waals surface area (Å²) >= 11 is 0. The van der Waals surface area contributed by atoms with Gasteiger partial charge < -0.3 is 5.11 Å². The first kappa shape index (κ1) is 20.9. The first-order chi connectivity index (χ1) is 11.5. The lowest BCUT2D eigenvalue weighted by Gasteiger charge is -2.32. The zero-order valence-corrected chi connectivity index (χ0v) is 13.5. The van der Waals surface area contributed by atoms with Crippen LogP contribution in [-0.2, 0) is 0 Å². The highest BCUT2D eigenvalue weighted by Gasteiger charge is 3.00. The molecule has 1 saturated carbocycles. The molecule has 0 bridgehead atoms. The summed E-state index contributed by atoms with van der Waals surface area (Å²) in [7, 11) is 0. The maximum absolute atomic E-state index is 14.4. The number of hydrogen-bond acceptors (Lipinski definition) is 1. The lowest BCUT2D eigenvalue weighted by atomic mass is 9.87. The second-order valence-corrected chi connectivity index (χ2v) is 6.64. The topological polar surface area (TPSA) is 20.2 Å². The molecule has 1 aromatic rings. The van der Waals surface area contributed by atoms with E-state index >= 15 is 0 Å². The Morgan fingerprint density at radius 2 is 1.04 bits per heavy atom. The van der Waals surface area contributed by atoms with Crippen LogP contribution >= 0.6 is 0 Å². The van der Waals surface area contributed by atoms with E-state index in [4.69, 9.17) is 0 Å². The normalized spacial score (nSPS) is 26.0. The van der Waals surface area contributed by atoms with Crippen LogP contribution in [0.1, 0.15) is 43.4 Å². The van der Waals surface area contributed by atoms with Crippen LogP contribution in [-0.4, -0.2) is 34.5 Å². The van der Waals surface area contributed by atoms with Crippen molar-refractivity contribution in [1.29, 1.82) is 0 Å². The quantitative estimate of drug-likeness (QED) is 0.669. The molecule has 1 aliphatic rings. The number of alkyl halides is 9. The smallest absolute Gasteiger partial charge is 0.381 e. The second-order valence-electron chi connectivity index (χ2n) is 6.64. The van der Waals surface area contributed by atoms with Crippen LogP contribution in [0.4, 0.5) is 39.5 Å². The highest BCUT2D eigenvalue weighted by Crippen LogP contribution is 2.70. The van der Waals surface area contributed by atoms with E-state index in [0.717, 1.165) is 12.1 Å². The van der Waals surface area contributed by atoms with Crippen LogP contribution < -0.4 is 0 Å². The van der Waals surface area contributed by atoms with Crippen molar-refractivity contribution in [2.75, 3.05) is 0 Å². The standard InChI is InChI=1S/C16H15F9O/c1-8(2)9-3-5-10(6-4-9)11(26)7-12(17)13(18,19)15(22,23)16(24,25)14(12,20)21/h3-6,8,11,26H,7H2,1-2H3. The SMILES string of the molecule is CC(C)c1ccc(C(O)CC2(F)C(F)(F)C(F)(F)C(F)(F)C2(F)F)cc1. The molecule has 1 N–H and O–H groups in total. The van der Waals surface area contributed by atoms with Crippen molar-refractivity contribution < 1.29 is 44.6 Å². The highest BCUT2D eigenvalue weighted by atomic mass is 19.4. The Bertz CT molecular complexity index is 641. The van der Waals surface area contributed by atoms with Gasteiger partial charge in [-0.3, -0.25) is 0 Å². The summed E-state index contributed by atoms with van der Waals surface area (Å²) in [5, 5.41) is 9.78. The van der Waals surface area contributed by atoms with Crippen LogP contribution in [0.5, 0.6) is 0 Å². The van der Waals surface area contributed by atoms with Gasteiger partial charge in [-0.15, -0.1) is 0 Å². The molecule has 1 fully saturated rings. The van der Waals surface area contributed by atoms with Gasteiger partial charge in [-0.25, -0.2) is 4.39 Å². The fourth-order valence-corrected chi connectivity index (χ4v) is 2.83. The Morgan fingerprint density at radius 1 is 0.692 bits per heavy atom. The minimum atomic E-state index is -6.63. The molecule has 148 valence electrons. The lowest BCUT2D eigenvalue weighted by Crippen LogP contribution is -2.55. The molecule has 1 nitrogen and oxygen atoms in total. The molecular formula is C16H15F9O. The average Bonchev–Trinajstić information content (AvgIpc) is 2.57. The number of aliphatic hydroxyl groups is 1. The van der Waals surface area contributed by atoms with Gasteiger partial charge >= 0.3 is 23.7 Å². The highest BCUT2D eigenvalue weighted by molar-refractivity contribution is 5.30. The van der Waals surface area contributed by atoms with Gasteiger partial charge in [0.05, 0.1) is 6.10 Å². The number of hydrogen-bond donors (Lipinski definition) is 1. The van der Waals surface area contributed by atoms with Crippen molar-refractivity contribution in [2.45, 2.75) is 61.6 Å². The lowest BCUT2D eigenvalue weighted by molar-refractivity contribution is -0.303. The summed E-state index contributed by atoms with van der Waals surface area (Å²) in [6.45, 7) is 3.57. The molecule has 0 aliphatic heterocycles. The van der Waals surface area contributed by atoms with Crippen molar-refractivity contribution in [3.05, 3.63) is 35.4 Å². The van der Waals surface area contributed by atoms with Gasteiger partial charge in [-0.05, 0) is 17.0 Å². The van der Waals surface area contributed by atoms with Gasteiger partial charge in [0.1, 0.15) is 0 Å². The summed E-state index contributed by atoms with van der Waals surface area (Å²) in [4.78, 5) is 0. The van der Waals surface area contributed by atoms with E-state index in [0.29, 0.717) is 5.56 Å².